The molecule has 2 aromatic heterocycles. The molecule has 2 heterocycles. The van der Waals surface area contributed by atoms with E-state index in [1.165, 1.54) is 99.0 Å². The summed E-state index contributed by atoms with van der Waals surface area (Å²) in [6, 6.07) is 52.1. The molecule has 3 aliphatic carbocycles. The SMILES string of the molecule is CC1(C)C2=C(C=CC(C)(n3c4ccccc4c4ccccc43)C2)c2c1c1c(c3ccccc23)-c2ccc(-n3c4ccccc4c4ccccc43)cc2C1(C)C. The van der Waals surface area contributed by atoms with Gasteiger partial charge in [0, 0.05) is 49.1 Å². The molecule has 0 amide bonds. The monoisotopic (exact) mass is 706 g/mol. The largest absolute Gasteiger partial charge is 0.331 e. The number of rotatable bonds is 2. The summed E-state index contributed by atoms with van der Waals surface area (Å²) in [5.41, 5.74) is 17.4. The summed E-state index contributed by atoms with van der Waals surface area (Å²) in [4.78, 5) is 0. The van der Waals surface area contributed by atoms with Crippen LogP contribution in [0.25, 0.3) is 76.8 Å². The fourth-order valence-electron chi connectivity index (χ4n) is 11.4. The summed E-state index contributed by atoms with van der Waals surface area (Å²) in [6.45, 7) is 12.4. The molecule has 2 heteroatoms. The molecule has 0 fully saturated rings. The number of para-hydroxylation sites is 4. The zero-order valence-electron chi connectivity index (χ0n) is 32.0. The molecule has 12 rings (SSSR count). The molecule has 1 unspecified atom stereocenters. The summed E-state index contributed by atoms with van der Waals surface area (Å²) in [5, 5.41) is 7.97. The van der Waals surface area contributed by atoms with Crippen molar-refractivity contribution in [2.24, 2.45) is 0 Å². The number of nitrogens with zero attached hydrogens (tertiary/aromatic N) is 2. The van der Waals surface area contributed by atoms with Crippen LogP contribution in [-0.4, -0.2) is 9.13 Å². The third kappa shape index (κ3) is 3.80. The Balaban J connectivity index is 1.07. The zero-order chi connectivity index (χ0) is 37.0. The van der Waals surface area contributed by atoms with Gasteiger partial charge in [-0.2, -0.15) is 0 Å². The number of hydrogen-bond acceptors (Lipinski definition) is 0. The van der Waals surface area contributed by atoms with Gasteiger partial charge in [0.1, 0.15) is 0 Å². The Kier molecular flexibility index (Phi) is 5.88. The van der Waals surface area contributed by atoms with Crippen molar-refractivity contribution < 1.29 is 0 Å². The Morgan fingerprint density at radius 1 is 0.473 bits per heavy atom. The Bertz CT molecular complexity index is 3140. The molecule has 9 aromatic rings. The van der Waals surface area contributed by atoms with Crippen LogP contribution in [0.2, 0.25) is 0 Å². The third-order valence-corrected chi connectivity index (χ3v) is 13.8. The second kappa shape index (κ2) is 10.3. The molecule has 2 nitrogen and oxygen atoms in total. The van der Waals surface area contributed by atoms with Gasteiger partial charge in [-0.15, -0.1) is 0 Å². The van der Waals surface area contributed by atoms with Crippen LogP contribution in [0.5, 0.6) is 0 Å². The molecule has 0 saturated carbocycles. The second-order valence-corrected chi connectivity index (χ2v) is 17.5. The highest BCUT2D eigenvalue weighted by molar-refractivity contribution is 6.13. The quantitative estimate of drug-likeness (QED) is 0.169. The van der Waals surface area contributed by atoms with Crippen LogP contribution in [0.1, 0.15) is 63.3 Å². The molecule has 1 atom stereocenters. The molecule has 3 aliphatic rings. The van der Waals surface area contributed by atoms with Crippen molar-refractivity contribution in [3.63, 3.8) is 0 Å². The maximum atomic E-state index is 2.62. The lowest BCUT2D eigenvalue weighted by Crippen LogP contribution is -2.33. The summed E-state index contributed by atoms with van der Waals surface area (Å²) in [6.07, 6.45) is 5.96. The Morgan fingerprint density at radius 2 is 0.945 bits per heavy atom. The highest BCUT2D eigenvalue weighted by Gasteiger charge is 2.50. The lowest BCUT2D eigenvalue weighted by Gasteiger charge is -2.38. The first-order valence-electron chi connectivity index (χ1n) is 19.8. The standard InChI is InChI=1S/C53H42N2/c1-51(2)41-30-32(54-43-22-12-8-16-33(43)34-17-9-13-23-44(34)54)26-27-39(41)47-37-20-6-7-21-38(37)48-40-28-29-53(5,31-42(40)52(3,4)50(48)49(47)51)55-45-24-14-10-18-35(45)36-19-11-15-25-46(36)55/h6-30H,31H2,1-5H3. The van der Waals surface area contributed by atoms with Crippen molar-refractivity contribution in [1.82, 2.24) is 9.13 Å². The molecule has 0 spiro atoms. The van der Waals surface area contributed by atoms with E-state index in [-0.39, 0.29) is 16.4 Å². The van der Waals surface area contributed by atoms with E-state index in [2.05, 4.69) is 195 Å². The van der Waals surface area contributed by atoms with Crippen molar-refractivity contribution in [1.29, 1.82) is 0 Å². The van der Waals surface area contributed by atoms with Gasteiger partial charge in [0.15, 0.2) is 0 Å². The lowest BCUT2D eigenvalue weighted by molar-refractivity contribution is 0.402. The van der Waals surface area contributed by atoms with Gasteiger partial charge in [0.25, 0.3) is 0 Å². The van der Waals surface area contributed by atoms with Crippen molar-refractivity contribution in [2.45, 2.75) is 57.4 Å². The van der Waals surface area contributed by atoms with Gasteiger partial charge in [0.05, 0.1) is 16.6 Å². The van der Waals surface area contributed by atoms with Gasteiger partial charge < -0.3 is 9.13 Å². The smallest absolute Gasteiger partial charge is 0.0646 e. The number of aromatic nitrogens is 2. The minimum Gasteiger partial charge on any atom is -0.331 e. The van der Waals surface area contributed by atoms with Crippen LogP contribution in [0, 0.1) is 0 Å². The summed E-state index contributed by atoms with van der Waals surface area (Å²) in [7, 11) is 0. The molecule has 7 aromatic carbocycles. The van der Waals surface area contributed by atoms with E-state index < -0.39 is 0 Å². The van der Waals surface area contributed by atoms with E-state index in [0.717, 1.165) is 6.42 Å². The number of allylic oxidation sites excluding steroid dienone is 4. The van der Waals surface area contributed by atoms with Crippen LogP contribution in [-0.2, 0) is 16.4 Å². The van der Waals surface area contributed by atoms with Gasteiger partial charge in [-0.05, 0) is 105 Å². The first kappa shape index (κ1) is 31.3. The minimum atomic E-state index is -0.227. The average molecular weight is 707 g/mol. The predicted molar refractivity (Wildman–Crippen MR) is 233 cm³/mol. The summed E-state index contributed by atoms with van der Waals surface area (Å²) >= 11 is 0. The van der Waals surface area contributed by atoms with Gasteiger partial charge in [-0.1, -0.05) is 143 Å². The topological polar surface area (TPSA) is 9.86 Å². The zero-order valence-corrected chi connectivity index (χ0v) is 32.0. The van der Waals surface area contributed by atoms with Crippen LogP contribution in [0.3, 0.4) is 0 Å². The fraction of sp³-hybridized carbons (Fsp3) is 0.170. The molecule has 0 N–H and O–H groups in total. The maximum absolute atomic E-state index is 2.62. The molecule has 55 heavy (non-hydrogen) atoms. The summed E-state index contributed by atoms with van der Waals surface area (Å²) in [5.74, 6) is 0. The number of hydrogen-bond donors (Lipinski definition) is 0. The fourth-order valence-corrected chi connectivity index (χ4v) is 11.4. The van der Waals surface area contributed by atoms with E-state index in [1.807, 2.05) is 0 Å². The van der Waals surface area contributed by atoms with Crippen LogP contribution >= 0.6 is 0 Å². The van der Waals surface area contributed by atoms with Crippen molar-refractivity contribution in [2.75, 3.05) is 0 Å². The molecular weight excluding hydrogens is 665 g/mol. The maximum Gasteiger partial charge on any atom is 0.0646 e. The first-order chi connectivity index (χ1) is 26.7. The van der Waals surface area contributed by atoms with Crippen LogP contribution in [0.15, 0.2) is 157 Å². The van der Waals surface area contributed by atoms with Gasteiger partial charge >= 0.3 is 0 Å². The van der Waals surface area contributed by atoms with Crippen LogP contribution in [0.4, 0.5) is 0 Å². The van der Waals surface area contributed by atoms with E-state index in [9.17, 15) is 0 Å². The Morgan fingerprint density at radius 3 is 1.53 bits per heavy atom. The first-order valence-corrected chi connectivity index (χ1v) is 19.8. The molecule has 0 radical (unpaired) electrons. The van der Waals surface area contributed by atoms with Crippen molar-refractivity contribution in [3.05, 3.63) is 180 Å². The number of benzene rings is 7. The van der Waals surface area contributed by atoms with Gasteiger partial charge in [-0.3, -0.25) is 0 Å². The molecule has 0 bridgehead atoms. The molecule has 0 saturated heterocycles. The van der Waals surface area contributed by atoms with E-state index >= 15 is 0 Å². The van der Waals surface area contributed by atoms with Gasteiger partial charge in [0.2, 0.25) is 0 Å². The highest BCUT2D eigenvalue weighted by Crippen LogP contribution is 2.63. The predicted octanol–water partition coefficient (Wildman–Crippen LogP) is 13.8. The van der Waals surface area contributed by atoms with E-state index in [1.54, 1.807) is 5.57 Å². The number of fused-ring (bicyclic) bond motifs is 15. The van der Waals surface area contributed by atoms with E-state index in [0.29, 0.717) is 0 Å². The lowest BCUT2D eigenvalue weighted by atomic mass is 9.69. The average Bonchev–Trinajstić information content (AvgIpc) is 3.87. The second-order valence-electron chi connectivity index (χ2n) is 17.5. The minimum absolute atomic E-state index is 0.168. The molecule has 0 aliphatic heterocycles. The molecule has 264 valence electrons. The summed E-state index contributed by atoms with van der Waals surface area (Å²) < 4.78 is 5.09. The van der Waals surface area contributed by atoms with E-state index in [4.69, 9.17) is 0 Å². The van der Waals surface area contributed by atoms with Crippen molar-refractivity contribution in [3.8, 4) is 16.8 Å². The Labute approximate surface area is 321 Å². The third-order valence-electron chi connectivity index (χ3n) is 13.8. The van der Waals surface area contributed by atoms with Gasteiger partial charge in [-0.25, -0.2) is 0 Å². The molecular formula is C53H42N2. The van der Waals surface area contributed by atoms with Crippen LogP contribution < -0.4 is 0 Å². The normalized spacial score (nSPS) is 19.1. The Hall–Kier alpha value is -6.12. The highest BCUT2D eigenvalue weighted by atomic mass is 15.1. The van der Waals surface area contributed by atoms with Crippen molar-refractivity contribution >= 4 is 60.0 Å².